The molecule has 0 saturated carbocycles. The van der Waals surface area contributed by atoms with Crippen molar-refractivity contribution < 1.29 is 8.42 Å². The Kier molecular flexibility index (Phi) is 4.58. The van der Waals surface area contributed by atoms with Crippen LogP contribution in [0.5, 0.6) is 0 Å². The van der Waals surface area contributed by atoms with E-state index in [0.717, 1.165) is 22.2 Å². The lowest BCUT2D eigenvalue weighted by Crippen LogP contribution is -2.30. The number of benzene rings is 2. The van der Waals surface area contributed by atoms with Gasteiger partial charge in [-0.2, -0.15) is 4.31 Å². The molecule has 2 atom stereocenters. The summed E-state index contributed by atoms with van der Waals surface area (Å²) in [7, 11) is -1.69. The topological polar surface area (TPSA) is 68.3 Å². The summed E-state index contributed by atoms with van der Waals surface area (Å²) < 4.78 is 30.8. The van der Waals surface area contributed by atoms with Crippen molar-refractivity contribution in [2.24, 2.45) is 18.7 Å². The molecule has 0 bridgehead atoms. The molecule has 5 nitrogen and oxygen atoms in total. The molecular weight excluding hydrogens is 358 g/mol. The van der Waals surface area contributed by atoms with Crippen LogP contribution in [-0.4, -0.2) is 36.9 Å². The van der Waals surface area contributed by atoms with E-state index in [4.69, 9.17) is 5.73 Å². The molecule has 1 aliphatic heterocycles. The van der Waals surface area contributed by atoms with Crippen LogP contribution in [0.25, 0.3) is 10.9 Å². The Morgan fingerprint density at radius 3 is 2.41 bits per heavy atom. The molecule has 27 heavy (non-hydrogen) atoms. The number of rotatable bonds is 4. The maximum atomic E-state index is 13.6. The van der Waals surface area contributed by atoms with E-state index in [1.807, 2.05) is 61.0 Å². The van der Waals surface area contributed by atoms with E-state index in [-0.39, 0.29) is 11.8 Å². The molecule has 0 unspecified atom stereocenters. The molecule has 2 heterocycles. The van der Waals surface area contributed by atoms with Gasteiger partial charge in [-0.1, -0.05) is 48.5 Å². The molecule has 0 spiro atoms. The van der Waals surface area contributed by atoms with Crippen LogP contribution in [0.3, 0.4) is 0 Å². The Morgan fingerprint density at radius 1 is 1.04 bits per heavy atom. The Balaban J connectivity index is 1.77. The van der Waals surface area contributed by atoms with Crippen molar-refractivity contribution in [3.05, 3.63) is 65.9 Å². The normalized spacial score (nSPS) is 21.1. The fraction of sp³-hybridized carbons (Fsp3) is 0.333. The highest BCUT2D eigenvalue weighted by atomic mass is 32.2. The second kappa shape index (κ2) is 6.78. The maximum absolute atomic E-state index is 13.6. The van der Waals surface area contributed by atoms with Crippen molar-refractivity contribution in [1.29, 1.82) is 0 Å². The molecule has 0 radical (unpaired) electrons. The number of hydrogen-bond acceptors (Lipinski definition) is 3. The minimum absolute atomic E-state index is 0.123. The predicted molar refractivity (Wildman–Crippen MR) is 108 cm³/mol. The van der Waals surface area contributed by atoms with Crippen molar-refractivity contribution in [3.63, 3.8) is 0 Å². The zero-order valence-corrected chi connectivity index (χ0v) is 16.5. The third kappa shape index (κ3) is 2.88. The second-order valence-corrected chi connectivity index (χ2v) is 9.20. The fourth-order valence-corrected chi connectivity index (χ4v) is 6.25. The van der Waals surface area contributed by atoms with Gasteiger partial charge in [0.15, 0.2) is 0 Å². The lowest BCUT2D eigenvalue weighted by Gasteiger charge is -2.17. The number of aromatic nitrogens is 1. The van der Waals surface area contributed by atoms with Crippen LogP contribution in [0, 0.1) is 12.8 Å². The third-order valence-electron chi connectivity index (χ3n) is 5.88. The molecule has 1 aromatic heterocycles. The zero-order valence-electron chi connectivity index (χ0n) is 15.7. The number of nitrogens with zero attached hydrogens (tertiary/aromatic N) is 2. The first kappa shape index (κ1) is 18.2. The predicted octanol–water partition coefficient (Wildman–Crippen LogP) is 2.85. The van der Waals surface area contributed by atoms with Crippen molar-refractivity contribution in [2.45, 2.75) is 17.7 Å². The van der Waals surface area contributed by atoms with Gasteiger partial charge in [0, 0.05) is 42.7 Å². The molecule has 4 rings (SSSR count). The summed E-state index contributed by atoms with van der Waals surface area (Å²) in [5.41, 5.74) is 8.86. The average Bonchev–Trinajstić information content (AvgIpc) is 3.23. The van der Waals surface area contributed by atoms with Crippen LogP contribution in [0.15, 0.2) is 59.5 Å². The number of nitrogens with two attached hydrogens (primary N) is 1. The van der Waals surface area contributed by atoms with E-state index in [1.165, 1.54) is 0 Å². The first-order valence-corrected chi connectivity index (χ1v) is 10.7. The Labute approximate surface area is 160 Å². The largest absolute Gasteiger partial charge is 0.347 e. The van der Waals surface area contributed by atoms with Gasteiger partial charge < -0.3 is 10.3 Å². The first-order chi connectivity index (χ1) is 12.9. The van der Waals surface area contributed by atoms with Crippen LogP contribution in [0.1, 0.15) is 17.2 Å². The summed E-state index contributed by atoms with van der Waals surface area (Å²) >= 11 is 0. The lowest BCUT2D eigenvalue weighted by molar-refractivity contribution is 0.459. The first-order valence-electron chi connectivity index (χ1n) is 9.24. The summed E-state index contributed by atoms with van der Waals surface area (Å²) in [5.74, 6) is 0.249. The fourth-order valence-electron chi connectivity index (χ4n) is 4.29. The summed E-state index contributed by atoms with van der Waals surface area (Å²) in [6.07, 6.45) is 0. The highest BCUT2D eigenvalue weighted by Gasteiger charge is 2.41. The molecule has 142 valence electrons. The molecule has 0 aliphatic carbocycles. The number of fused-ring (bicyclic) bond motifs is 1. The van der Waals surface area contributed by atoms with Gasteiger partial charge in [-0.05, 0) is 31.0 Å². The molecule has 0 amide bonds. The average molecular weight is 384 g/mol. The molecule has 1 fully saturated rings. The zero-order chi connectivity index (χ0) is 19.2. The van der Waals surface area contributed by atoms with Gasteiger partial charge >= 0.3 is 0 Å². The van der Waals surface area contributed by atoms with Crippen molar-refractivity contribution in [1.82, 2.24) is 8.87 Å². The molecule has 1 aliphatic rings. The third-order valence-corrected chi connectivity index (χ3v) is 7.89. The van der Waals surface area contributed by atoms with E-state index in [0.29, 0.717) is 24.5 Å². The van der Waals surface area contributed by atoms with E-state index in [1.54, 1.807) is 4.31 Å². The van der Waals surface area contributed by atoms with Crippen LogP contribution in [0.2, 0.25) is 0 Å². The van der Waals surface area contributed by atoms with Gasteiger partial charge in [-0.3, -0.25) is 0 Å². The highest BCUT2D eigenvalue weighted by Crippen LogP contribution is 2.38. The van der Waals surface area contributed by atoms with Crippen LogP contribution in [-0.2, 0) is 17.1 Å². The Hall–Kier alpha value is -2.15. The summed E-state index contributed by atoms with van der Waals surface area (Å²) in [4.78, 5) is 0.421. The monoisotopic (exact) mass is 383 g/mol. The standard InChI is InChI=1S/C21H25N3O2S/c1-15-21(18-10-6-7-11-20(18)23(15)2)27(25,26)24-13-17(12-22)19(14-24)16-8-4-3-5-9-16/h3-11,17,19H,12-14,22H2,1-2H3/t17-,19+/m1/s1. The second-order valence-electron chi connectivity index (χ2n) is 7.33. The van der Waals surface area contributed by atoms with Crippen LogP contribution < -0.4 is 5.73 Å². The number of hydrogen-bond donors (Lipinski definition) is 1. The van der Waals surface area contributed by atoms with Gasteiger partial charge in [-0.25, -0.2) is 8.42 Å². The number of para-hydroxylation sites is 1. The minimum atomic E-state index is -3.60. The van der Waals surface area contributed by atoms with E-state index in [2.05, 4.69) is 12.1 Å². The smallest absolute Gasteiger partial charge is 0.245 e. The molecule has 2 aromatic carbocycles. The van der Waals surface area contributed by atoms with Crippen molar-refractivity contribution >= 4 is 20.9 Å². The van der Waals surface area contributed by atoms with E-state index in [9.17, 15) is 8.42 Å². The lowest BCUT2D eigenvalue weighted by atomic mass is 9.89. The number of sulfonamides is 1. The minimum Gasteiger partial charge on any atom is -0.347 e. The van der Waals surface area contributed by atoms with Gasteiger partial charge in [-0.15, -0.1) is 0 Å². The molecule has 2 N–H and O–H groups in total. The van der Waals surface area contributed by atoms with Crippen LogP contribution in [0.4, 0.5) is 0 Å². The Bertz CT molecular complexity index is 1070. The summed E-state index contributed by atoms with van der Waals surface area (Å²) in [6, 6.07) is 17.8. The maximum Gasteiger partial charge on any atom is 0.245 e. The van der Waals surface area contributed by atoms with E-state index < -0.39 is 10.0 Å². The van der Waals surface area contributed by atoms with Gasteiger partial charge in [0.2, 0.25) is 10.0 Å². The van der Waals surface area contributed by atoms with Crippen molar-refractivity contribution in [2.75, 3.05) is 19.6 Å². The number of aryl methyl sites for hydroxylation is 1. The summed E-state index contributed by atoms with van der Waals surface area (Å²) in [5, 5.41) is 0.782. The van der Waals surface area contributed by atoms with Crippen molar-refractivity contribution in [3.8, 4) is 0 Å². The molecular formula is C21H25N3O2S. The molecule has 6 heteroatoms. The summed E-state index contributed by atoms with van der Waals surface area (Å²) in [6.45, 7) is 3.27. The van der Waals surface area contributed by atoms with Gasteiger partial charge in [0.05, 0.1) is 0 Å². The van der Waals surface area contributed by atoms with Gasteiger partial charge in [0.25, 0.3) is 0 Å². The van der Waals surface area contributed by atoms with E-state index >= 15 is 0 Å². The van der Waals surface area contributed by atoms with Gasteiger partial charge in [0.1, 0.15) is 4.90 Å². The Morgan fingerprint density at radius 2 is 1.70 bits per heavy atom. The highest BCUT2D eigenvalue weighted by molar-refractivity contribution is 7.89. The SMILES string of the molecule is Cc1c(S(=O)(=O)N2C[C@@H](CN)[C@H](c3ccccc3)C2)c2ccccc2n1C. The molecule has 3 aromatic rings. The quantitative estimate of drug-likeness (QED) is 0.753. The molecule has 1 saturated heterocycles. The van der Waals surface area contributed by atoms with Crippen LogP contribution >= 0.6 is 0 Å².